The van der Waals surface area contributed by atoms with Crippen molar-refractivity contribution < 1.29 is 14.7 Å². The summed E-state index contributed by atoms with van der Waals surface area (Å²) in [7, 11) is 0. The van der Waals surface area contributed by atoms with Crippen molar-refractivity contribution in [1.29, 1.82) is 0 Å². The van der Waals surface area contributed by atoms with Crippen LogP contribution >= 0.6 is 0 Å². The van der Waals surface area contributed by atoms with Crippen LogP contribution in [-0.4, -0.2) is 44.8 Å². The first kappa shape index (κ1) is 12.6. The highest BCUT2D eigenvalue weighted by Gasteiger charge is 2.29. The van der Waals surface area contributed by atoms with Gasteiger partial charge < -0.3 is 10.0 Å². The number of carbonyl (C=O) groups is 2. The molecule has 0 aliphatic carbocycles. The van der Waals surface area contributed by atoms with Crippen LogP contribution in [0.15, 0.2) is 12.3 Å². The monoisotopic (exact) mass is 251 g/mol. The molecule has 1 aliphatic rings. The second-order valence-electron chi connectivity index (χ2n) is 4.49. The number of rotatable bonds is 3. The van der Waals surface area contributed by atoms with E-state index in [2.05, 4.69) is 5.10 Å². The molecule has 0 spiro atoms. The largest absolute Gasteiger partial charge is 0.481 e. The molecule has 1 aromatic rings. The lowest BCUT2D eigenvalue weighted by Crippen LogP contribution is -2.42. The van der Waals surface area contributed by atoms with Gasteiger partial charge in [0.2, 0.25) is 0 Å². The lowest BCUT2D eigenvalue weighted by atomic mass is 9.98. The van der Waals surface area contributed by atoms with E-state index in [-0.39, 0.29) is 12.5 Å². The summed E-state index contributed by atoms with van der Waals surface area (Å²) in [6, 6.07) is 1.68. The maximum atomic E-state index is 12.2. The minimum atomic E-state index is -0.827. The summed E-state index contributed by atoms with van der Waals surface area (Å²) in [4.78, 5) is 24.7. The van der Waals surface area contributed by atoms with Gasteiger partial charge in [0.1, 0.15) is 5.69 Å². The van der Waals surface area contributed by atoms with Gasteiger partial charge >= 0.3 is 5.97 Å². The first-order chi connectivity index (χ1) is 8.61. The Bertz CT molecular complexity index is 455. The molecule has 1 aromatic heterocycles. The fourth-order valence-corrected chi connectivity index (χ4v) is 2.18. The Morgan fingerprint density at radius 3 is 2.94 bits per heavy atom. The van der Waals surface area contributed by atoms with E-state index in [0.29, 0.717) is 25.2 Å². The minimum Gasteiger partial charge on any atom is -0.481 e. The zero-order valence-electron chi connectivity index (χ0n) is 10.4. The molecule has 2 heterocycles. The summed E-state index contributed by atoms with van der Waals surface area (Å²) < 4.78 is 1.69. The van der Waals surface area contributed by atoms with Gasteiger partial charge in [-0.15, -0.1) is 0 Å². The van der Waals surface area contributed by atoms with E-state index in [1.165, 1.54) is 0 Å². The number of aryl methyl sites for hydroxylation is 1. The van der Waals surface area contributed by atoms with E-state index in [9.17, 15) is 9.59 Å². The van der Waals surface area contributed by atoms with Crippen molar-refractivity contribution in [3.63, 3.8) is 0 Å². The third-order valence-electron chi connectivity index (χ3n) is 3.24. The molecule has 0 saturated carbocycles. The van der Waals surface area contributed by atoms with Crippen molar-refractivity contribution in [2.75, 3.05) is 13.1 Å². The van der Waals surface area contributed by atoms with Gasteiger partial charge in [0, 0.05) is 25.8 Å². The summed E-state index contributed by atoms with van der Waals surface area (Å²) in [6.45, 7) is 3.56. The summed E-state index contributed by atoms with van der Waals surface area (Å²) in [5, 5.41) is 13.1. The number of aliphatic carboxylic acids is 1. The van der Waals surface area contributed by atoms with Gasteiger partial charge in [0.25, 0.3) is 5.91 Å². The summed E-state index contributed by atoms with van der Waals surface area (Å²) >= 11 is 0. The van der Waals surface area contributed by atoms with Gasteiger partial charge in [-0.25, -0.2) is 0 Å². The van der Waals surface area contributed by atoms with Crippen LogP contribution in [0.25, 0.3) is 0 Å². The molecular weight excluding hydrogens is 234 g/mol. The fraction of sp³-hybridized carbons (Fsp3) is 0.583. The van der Waals surface area contributed by atoms with E-state index in [1.54, 1.807) is 21.8 Å². The number of aromatic nitrogens is 2. The van der Waals surface area contributed by atoms with Crippen molar-refractivity contribution in [1.82, 2.24) is 14.7 Å². The topological polar surface area (TPSA) is 75.4 Å². The molecule has 2 rings (SSSR count). The van der Waals surface area contributed by atoms with Crippen molar-refractivity contribution in [2.24, 2.45) is 5.92 Å². The number of amides is 1. The Morgan fingerprint density at radius 1 is 1.56 bits per heavy atom. The maximum Gasteiger partial charge on any atom is 0.308 e. The molecule has 18 heavy (non-hydrogen) atoms. The Labute approximate surface area is 105 Å². The average Bonchev–Trinajstić information content (AvgIpc) is 2.86. The Hall–Kier alpha value is -1.85. The molecule has 0 unspecified atom stereocenters. The second-order valence-corrected chi connectivity index (χ2v) is 4.49. The Morgan fingerprint density at radius 2 is 2.33 bits per heavy atom. The number of nitrogens with zero attached hydrogens (tertiary/aromatic N) is 3. The number of carbonyl (C=O) groups excluding carboxylic acids is 1. The third kappa shape index (κ3) is 2.52. The Kier molecular flexibility index (Phi) is 3.64. The van der Waals surface area contributed by atoms with Crippen LogP contribution in [0.4, 0.5) is 0 Å². The molecule has 1 atom stereocenters. The Balaban J connectivity index is 2.06. The van der Waals surface area contributed by atoms with Crippen LogP contribution in [-0.2, 0) is 11.3 Å². The van der Waals surface area contributed by atoms with Crippen molar-refractivity contribution in [3.05, 3.63) is 18.0 Å². The maximum absolute atomic E-state index is 12.2. The molecule has 1 aliphatic heterocycles. The van der Waals surface area contributed by atoms with Crippen LogP contribution in [0.1, 0.15) is 30.3 Å². The number of hydrogen-bond donors (Lipinski definition) is 1. The molecule has 0 radical (unpaired) electrons. The predicted octanol–water partition coefficient (Wildman–Crippen LogP) is 0.840. The number of piperidine rings is 1. The zero-order chi connectivity index (χ0) is 13.1. The van der Waals surface area contributed by atoms with Crippen molar-refractivity contribution in [2.45, 2.75) is 26.3 Å². The zero-order valence-corrected chi connectivity index (χ0v) is 10.4. The normalized spacial score (nSPS) is 19.8. The van der Waals surface area contributed by atoms with Gasteiger partial charge in [-0.05, 0) is 25.8 Å². The third-order valence-corrected chi connectivity index (χ3v) is 3.24. The van der Waals surface area contributed by atoms with Gasteiger partial charge in [-0.2, -0.15) is 5.10 Å². The van der Waals surface area contributed by atoms with Crippen LogP contribution < -0.4 is 0 Å². The first-order valence-corrected chi connectivity index (χ1v) is 6.17. The standard InChI is InChI=1S/C12H17N3O3/c1-2-15-7-5-10(13-15)11(16)14-6-3-4-9(8-14)12(17)18/h5,7,9H,2-4,6,8H2,1H3,(H,17,18)/t9-/m1/s1. The summed E-state index contributed by atoms with van der Waals surface area (Å²) in [6.07, 6.45) is 3.13. The molecule has 6 nitrogen and oxygen atoms in total. The lowest BCUT2D eigenvalue weighted by Gasteiger charge is -2.30. The van der Waals surface area contributed by atoms with Crippen LogP contribution in [0.5, 0.6) is 0 Å². The molecule has 1 saturated heterocycles. The van der Waals surface area contributed by atoms with E-state index in [1.807, 2.05) is 6.92 Å². The van der Waals surface area contributed by atoms with E-state index in [0.717, 1.165) is 6.42 Å². The highest BCUT2D eigenvalue weighted by Crippen LogP contribution is 2.18. The van der Waals surface area contributed by atoms with Gasteiger partial charge in [0.05, 0.1) is 5.92 Å². The molecular formula is C12H17N3O3. The van der Waals surface area contributed by atoms with E-state index >= 15 is 0 Å². The average molecular weight is 251 g/mol. The second kappa shape index (κ2) is 5.20. The highest BCUT2D eigenvalue weighted by atomic mass is 16.4. The minimum absolute atomic E-state index is 0.173. The SMILES string of the molecule is CCn1ccc(C(=O)N2CCC[C@@H](C(=O)O)C2)n1. The number of carboxylic acid groups (broad SMARTS) is 1. The van der Waals surface area contributed by atoms with Crippen LogP contribution in [0.3, 0.4) is 0 Å². The fourth-order valence-electron chi connectivity index (χ4n) is 2.18. The van der Waals surface area contributed by atoms with E-state index < -0.39 is 11.9 Å². The molecule has 1 N–H and O–H groups in total. The van der Waals surface area contributed by atoms with Gasteiger partial charge in [-0.1, -0.05) is 0 Å². The number of likely N-dealkylation sites (tertiary alicyclic amines) is 1. The number of carboxylic acids is 1. The molecule has 1 amide bonds. The summed E-state index contributed by atoms with van der Waals surface area (Å²) in [5.41, 5.74) is 0.392. The van der Waals surface area contributed by atoms with Crippen LogP contribution in [0, 0.1) is 5.92 Å². The highest BCUT2D eigenvalue weighted by molar-refractivity contribution is 5.92. The van der Waals surface area contributed by atoms with E-state index in [4.69, 9.17) is 5.11 Å². The molecule has 0 bridgehead atoms. The molecule has 0 aromatic carbocycles. The number of hydrogen-bond acceptors (Lipinski definition) is 3. The molecule has 1 fully saturated rings. The smallest absolute Gasteiger partial charge is 0.308 e. The van der Waals surface area contributed by atoms with Crippen LogP contribution in [0.2, 0.25) is 0 Å². The molecule has 6 heteroatoms. The van der Waals surface area contributed by atoms with Gasteiger partial charge in [-0.3, -0.25) is 14.3 Å². The van der Waals surface area contributed by atoms with Crippen molar-refractivity contribution in [3.8, 4) is 0 Å². The lowest BCUT2D eigenvalue weighted by molar-refractivity contribution is -0.143. The summed E-state index contributed by atoms with van der Waals surface area (Å²) in [5.74, 6) is -1.45. The van der Waals surface area contributed by atoms with Crippen molar-refractivity contribution >= 4 is 11.9 Å². The quantitative estimate of drug-likeness (QED) is 0.863. The molecule has 98 valence electrons. The predicted molar refractivity (Wildman–Crippen MR) is 64.2 cm³/mol. The van der Waals surface area contributed by atoms with Gasteiger partial charge in [0.15, 0.2) is 0 Å². The first-order valence-electron chi connectivity index (χ1n) is 6.17.